The molecule has 0 bridgehead atoms. The Balaban J connectivity index is 1.21. The molecule has 1 unspecified atom stereocenters. The summed E-state index contributed by atoms with van der Waals surface area (Å²) in [6, 6.07) is 26.2. The van der Waals surface area contributed by atoms with Crippen molar-refractivity contribution in [3.05, 3.63) is 112 Å². The standard InChI is InChI=1S/C37H39NO7SSe/c1-26-34(41)29-17-10-11-18-30(29)35(42)36(26)46-23-20-33(40)45-31(21-24-47-28-15-7-3-8-16-28)37(43)38-22-12-4-9-19-32(39)44-25-27-13-5-2-6-14-27/h2-3,5-8,10-11,13-18,31H,4,9,12,19-25H2,1H3,(H,38,43). The first-order chi connectivity index (χ1) is 22.8. The molecule has 0 fully saturated rings. The van der Waals surface area contributed by atoms with Gasteiger partial charge in [-0.2, -0.15) is 0 Å². The molecule has 8 nitrogen and oxygen atoms in total. The Morgan fingerprint density at radius 3 is 2.17 bits per heavy atom. The van der Waals surface area contributed by atoms with Crippen LogP contribution in [0.4, 0.5) is 0 Å². The van der Waals surface area contributed by atoms with Crippen molar-refractivity contribution < 1.29 is 33.4 Å². The molecule has 10 heteroatoms. The van der Waals surface area contributed by atoms with Crippen molar-refractivity contribution in [1.29, 1.82) is 0 Å². The summed E-state index contributed by atoms with van der Waals surface area (Å²) in [4.78, 5) is 64.1. The number of carbonyl (C=O) groups is 5. The van der Waals surface area contributed by atoms with Crippen LogP contribution in [0, 0.1) is 0 Å². The van der Waals surface area contributed by atoms with Crippen molar-refractivity contribution in [1.82, 2.24) is 5.32 Å². The summed E-state index contributed by atoms with van der Waals surface area (Å²) >= 11 is 1.28. The minimum absolute atomic E-state index is 0.0153. The van der Waals surface area contributed by atoms with Gasteiger partial charge in [0.1, 0.15) is 6.61 Å². The summed E-state index contributed by atoms with van der Waals surface area (Å²) in [7, 11) is 0. The number of hydrogen-bond acceptors (Lipinski definition) is 8. The predicted molar refractivity (Wildman–Crippen MR) is 184 cm³/mol. The van der Waals surface area contributed by atoms with E-state index in [1.165, 1.54) is 4.46 Å². The molecule has 0 saturated carbocycles. The molecular formula is C37H39NO7SSe. The van der Waals surface area contributed by atoms with E-state index in [0.29, 0.717) is 59.2 Å². The van der Waals surface area contributed by atoms with Crippen LogP contribution in [0.5, 0.6) is 0 Å². The van der Waals surface area contributed by atoms with Gasteiger partial charge in [0.25, 0.3) is 0 Å². The molecule has 4 rings (SSSR count). The van der Waals surface area contributed by atoms with Crippen LogP contribution in [0.25, 0.3) is 0 Å². The first-order valence-corrected chi connectivity index (χ1v) is 18.8. The Morgan fingerprint density at radius 1 is 0.787 bits per heavy atom. The third kappa shape index (κ3) is 11.3. The zero-order chi connectivity index (χ0) is 33.4. The Hall–Kier alpha value is -3.98. The summed E-state index contributed by atoms with van der Waals surface area (Å²) < 4.78 is 12.2. The number of esters is 2. The van der Waals surface area contributed by atoms with Crippen molar-refractivity contribution in [2.75, 3.05) is 12.3 Å². The van der Waals surface area contributed by atoms with Gasteiger partial charge in [0.15, 0.2) is 0 Å². The zero-order valence-corrected chi connectivity index (χ0v) is 28.9. The van der Waals surface area contributed by atoms with Crippen molar-refractivity contribution in [2.45, 2.75) is 63.5 Å². The number of nitrogens with one attached hydrogen (secondary N) is 1. The molecule has 0 aromatic heterocycles. The SMILES string of the molecule is CC1=C(SCCC(=O)OC(CC[Se]c2ccccc2)C(=O)NCCCCCC(=O)OCc2ccccc2)C(=O)c2ccccc2C1=O. The van der Waals surface area contributed by atoms with Crippen LogP contribution in [-0.2, 0) is 30.5 Å². The number of thioether (sulfide) groups is 1. The van der Waals surface area contributed by atoms with Gasteiger partial charge in [-0.3, -0.25) is 0 Å². The molecule has 0 heterocycles. The molecule has 1 aliphatic rings. The predicted octanol–water partition coefficient (Wildman–Crippen LogP) is 5.63. The van der Waals surface area contributed by atoms with Crippen molar-refractivity contribution in [2.24, 2.45) is 0 Å². The van der Waals surface area contributed by atoms with Gasteiger partial charge in [-0.25, -0.2) is 0 Å². The van der Waals surface area contributed by atoms with Gasteiger partial charge in [0.05, 0.1) is 0 Å². The van der Waals surface area contributed by atoms with Gasteiger partial charge in [-0.15, -0.1) is 0 Å². The maximum absolute atomic E-state index is 13.1. The Labute approximate surface area is 286 Å². The van der Waals surface area contributed by atoms with Crippen LogP contribution in [0.2, 0.25) is 5.32 Å². The van der Waals surface area contributed by atoms with Crippen molar-refractivity contribution in [3.8, 4) is 0 Å². The second kappa shape index (κ2) is 19.0. The van der Waals surface area contributed by atoms with Gasteiger partial charge < -0.3 is 0 Å². The summed E-state index contributed by atoms with van der Waals surface area (Å²) in [5.74, 6) is -1.31. The number of carbonyl (C=O) groups excluding carboxylic acids is 5. The molecule has 0 radical (unpaired) electrons. The molecular weight excluding hydrogens is 681 g/mol. The van der Waals surface area contributed by atoms with Gasteiger partial charge in [-0.1, -0.05) is 48.5 Å². The number of amides is 1. The number of ether oxygens (including phenoxy) is 2. The maximum atomic E-state index is 13.1. The van der Waals surface area contributed by atoms with Crippen LogP contribution in [-0.4, -0.2) is 62.8 Å². The van der Waals surface area contributed by atoms with Gasteiger partial charge in [0, 0.05) is 0 Å². The van der Waals surface area contributed by atoms with Gasteiger partial charge in [0.2, 0.25) is 0 Å². The normalized spacial score (nSPS) is 13.1. The monoisotopic (exact) mass is 721 g/mol. The van der Waals surface area contributed by atoms with E-state index in [9.17, 15) is 24.0 Å². The Bertz CT molecular complexity index is 1580. The first kappa shape index (κ1) is 35.9. The van der Waals surface area contributed by atoms with E-state index < -0.39 is 12.1 Å². The molecule has 1 amide bonds. The second-order valence-electron chi connectivity index (χ2n) is 10.9. The number of allylic oxidation sites excluding steroid dienone is 2. The average molecular weight is 721 g/mol. The molecule has 0 aliphatic heterocycles. The summed E-state index contributed by atoms with van der Waals surface area (Å²) in [6.45, 7) is 2.28. The summed E-state index contributed by atoms with van der Waals surface area (Å²) in [5.41, 5.74) is 2.08. The average Bonchev–Trinajstić information content (AvgIpc) is 3.09. The first-order valence-electron chi connectivity index (χ1n) is 15.7. The molecule has 47 heavy (non-hydrogen) atoms. The number of fused-ring (bicyclic) bond motifs is 1. The van der Waals surface area contributed by atoms with E-state index in [2.05, 4.69) is 5.32 Å². The number of hydrogen-bond donors (Lipinski definition) is 1. The summed E-state index contributed by atoms with van der Waals surface area (Å²) in [5, 5.41) is 3.60. The van der Waals surface area contributed by atoms with Crippen molar-refractivity contribution in [3.63, 3.8) is 0 Å². The van der Waals surface area contributed by atoms with Gasteiger partial charge in [-0.05, 0) is 5.56 Å². The van der Waals surface area contributed by atoms with Gasteiger partial charge >= 0.3 is 227 Å². The fraction of sp³-hybridized carbons (Fsp3) is 0.324. The minimum atomic E-state index is -0.934. The summed E-state index contributed by atoms with van der Waals surface area (Å²) in [6.07, 6.45) is 1.81. The molecule has 0 spiro atoms. The van der Waals surface area contributed by atoms with Crippen LogP contribution in [0.1, 0.15) is 71.7 Å². The molecule has 1 aliphatic carbocycles. The Morgan fingerprint density at radius 2 is 1.45 bits per heavy atom. The van der Waals surface area contributed by atoms with E-state index in [1.54, 1.807) is 31.2 Å². The number of benzene rings is 3. The van der Waals surface area contributed by atoms with Crippen LogP contribution < -0.4 is 9.78 Å². The third-order valence-corrected chi connectivity index (χ3v) is 10.8. The fourth-order valence-corrected chi connectivity index (χ4v) is 7.80. The van der Waals surface area contributed by atoms with Crippen LogP contribution >= 0.6 is 11.8 Å². The Kier molecular flexibility index (Phi) is 14.5. The quantitative estimate of drug-likeness (QED) is 0.102. The number of rotatable bonds is 18. The van der Waals surface area contributed by atoms with E-state index in [1.807, 2.05) is 60.7 Å². The number of ketones is 2. The molecule has 1 N–H and O–H groups in total. The van der Waals surface area contributed by atoms with E-state index >= 15 is 0 Å². The second-order valence-corrected chi connectivity index (χ2v) is 14.5. The topological polar surface area (TPSA) is 116 Å². The van der Waals surface area contributed by atoms with Crippen LogP contribution in [0.15, 0.2) is 95.4 Å². The number of unbranched alkanes of at least 4 members (excludes halogenated alkanes) is 2. The molecule has 3 aromatic rings. The van der Waals surface area contributed by atoms with E-state index in [0.717, 1.165) is 23.7 Å². The molecule has 0 saturated heterocycles. The van der Waals surface area contributed by atoms with Crippen molar-refractivity contribution >= 4 is 60.6 Å². The number of Topliss-reactive ketones (excluding diaryl/α,β-unsaturated/α-hetero) is 2. The molecule has 3 aromatic carbocycles. The van der Waals surface area contributed by atoms with Crippen LogP contribution in [0.3, 0.4) is 0 Å². The fourth-order valence-electron chi connectivity index (χ4n) is 4.86. The molecule has 246 valence electrons. The third-order valence-electron chi connectivity index (χ3n) is 7.41. The zero-order valence-electron chi connectivity index (χ0n) is 26.4. The molecule has 1 atom stereocenters. The van der Waals surface area contributed by atoms with E-state index in [4.69, 9.17) is 9.47 Å². The van der Waals surface area contributed by atoms with E-state index in [-0.39, 0.29) is 57.2 Å².